The molecule has 1 aliphatic heterocycles. The average Bonchev–Trinajstić information content (AvgIpc) is 2.82. The molecule has 2 heterocycles. The highest BCUT2D eigenvalue weighted by Gasteiger charge is 2.20. The second-order valence-corrected chi connectivity index (χ2v) is 6.97. The third-order valence-corrected chi connectivity index (χ3v) is 4.34. The van der Waals surface area contributed by atoms with Gasteiger partial charge >= 0.3 is 0 Å². The van der Waals surface area contributed by atoms with Crippen LogP contribution in [0, 0.1) is 25.7 Å². The zero-order valence-electron chi connectivity index (χ0n) is 15.3. The predicted octanol–water partition coefficient (Wildman–Crippen LogP) is 2.68. The highest BCUT2D eigenvalue weighted by Crippen LogP contribution is 2.19. The fourth-order valence-electron chi connectivity index (χ4n) is 2.73. The quantitative estimate of drug-likeness (QED) is 0.397. The second-order valence-electron chi connectivity index (χ2n) is 6.97. The number of likely N-dealkylation sites (tertiary alicyclic amines) is 1. The third-order valence-electron chi connectivity index (χ3n) is 4.34. The first-order valence-electron chi connectivity index (χ1n) is 8.63. The summed E-state index contributed by atoms with van der Waals surface area (Å²) in [6.45, 7) is 12.9. The van der Waals surface area contributed by atoms with Crippen molar-refractivity contribution in [3.05, 3.63) is 17.3 Å². The maximum Gasteiger partial charge on any atom is 0.208 e. The van der Waals surface area contributed by atoms with E-state index in [0.29, 0.717) is 17.8 Å². The number of oxazole rings is 1. The molecule has 138 valence electrons. The maximum atomic E-state index is 5.89. The Morgan fingerprint density at radius 2 is 2.04 bits per heavy atom. The van der Waals surface area contributed by atoms with Gasteiger partial charge in [-0.3, -0.25) is 9.89 Å². The fraction of sp³-hybridized carbons (Fsp3) is 0.765. The number of hydrogen-bond donors (Lipinski definition) is 2. The van der Waals surface area contributed by atoms with Gasteiger partial charge < -0.3 is 15.5 Å². The molecule has 0 radical (unpaired) electrons. The third kappa shape index (κ3) is 6.96. The lowest BCUT2D eigenvalue weighted by Crippen LogP contribution is -2.40. The number of piperidine rings is 1. The lowest BCUT2D eigenvalue weighted by atomic mass is 9.97. The Morgan fingerprint density at radius 3 is 2.58 bits per heavy atom. The number of nitrogens with one attached hydrogen (secondary N) is 1. The number of aromatic nitrogens is 1. The number of hydrogen-bond acceptors (Lipinski definition) is 4. The molecule has 24 heavy (non-hydrogen) atoms. The minimum Gasteiger partial charge on any atom is -0.444 e. The summed E-state index contributed by atoms with van der Waals surface area (Å²) in [5.41, 5.74) is 6.89. The molecule has 2 rings (SSSR count). The molecule has 0 atom stereocenters. The van der Waals surface area contributed by atoms with E-state index in [1.807, 2.05) is 13.8 Å². The smallest absolute Gasteiger partial charge is 0.208 e. The van der Waals surface area contributed by atoms with Crippen LogP contribution in [-0.2, 0) is 6.54 Å². The topological polar surface area (TPSA) is 79.7 Å². The average molecular weight is 449 g/mol. The van der Waals surface area contributed by atoms with Crippen LogP contribution >= 0.6 is 24.0 Å². The van der Waals surface area contributed by atoms with E-state index in [1.165, 1.54) is 12.8 Å². The Kier molecular flexibility index (Phi) is 9.04. The summed E-state index contributed by atoms with van der Waals surface area (Å²) in [6, 6.07) is 0. The van der Waals surface area contributed by atoms with Crippen LogP contribution in [0.4, 0.5) is 0 Å². The summed E-state index contributed by atoms with van der Waals surface area (Å²) in [7, 11) is 0. The van der Waals surface area contributed by atoms with Gasteiger partial charge in [-0.2, -0.15) is 0 Å². The largest absolute Gasteiger partial charge is 0.444 e. The second kappa shape index (κ2) is 10.2. The summed E-state index contributed by atoms with van der Waals surface area (Å²) in [6.07, 6.45) is 2.34. The van der Waals surface area contributed by atoms with Crippen molar-refractivity contribution in [3.8, 4) is 0 Å². The Balaban J connectivity index is 0.00000288. The van der Waals surface area contributed by atoms with Gasteiger partial charge in [-0.1, -0.05) is 13.8 Å². The van der Waals surface area contributed by atoms with Crippen molar-refractivity contribution in [2.45, 2.75) is 47.1 Å². The monoisotopic (exact) mass is 449 g/mol. The number of rotatable bonds is 6. The highest BCUT2D eigenvalue weighted by atomic mass is 127. The summed E-state index contributed by atoms with van der Waals surface area (Å²) in [4.78, 5) is 11.2. The van der Waals surface area contributed by atoms with Crippen molar-refractivity contribution in [1.82, 2.24) is 15.2 Å². The molecule has 1 aromatic rings. The van der Waals surface area contributed by atoms with Gasteiger partial charge in [0, 0.05) is 13.1 Å². The van der Waals surface area contributed by atoms with Crippen molar-refractivity contribution >= 4 is 29.9 Å². The zero-order valence-corrected chi connectivity index (χ0v) is 17.7. The van der Waals surface area contributed by atoms with E-state index in [2.05, 4.69) is 34.0 Å². The summed E-state index contributed by atoms with van der Waals surface area (Å²) in [5, 5.41) is 3.26. The van der Waals surface area contributed by atoms with E-state index >= 15 is 0 Å². The molecule has 0 saturated carbocycles. The van der Waals surface area contributed by atoms with Gasteiger partial charge in [0.25, 0.3) is 0 Å². The lowest BCUT2D eigenvalue weighted by molar-refractivity contribution is 0.164. The van der Waals surface area contributed by atoms with Gasteiger partial charge in [0.2, 0.25) is 5.89 Å². The molecule has 1 aliphatic rings. The van der Waals surface area contributed by atoms with Crippen LogP contribution < -0.4 is 11.1 Å². The molecule has 0 amide bonds. The number of guanidine groups is 1. The standard InChI is InChI=1S/C17H31N5O.HI/c1-12(2)9-19-17(18)20-10-15-5-7-22(8-6-15)11-16-21-13(3)14(4)23-16;/h12,15H,5-11H2,1-4H3,(H3,18,19,20);1H. The van der Waals surface area contributed by atoms with Gasteiger partial charge in [-0.15, -0.1) is 24.0 Å². The van der Waals surface area contributed by atoms with Crippen molar-refractivity contribution in [3.63, 3.8) is 0 Å². The molecule has 0 aliphatic carbocycles. The first-order chi connectivity index (χ1) is 10.9. The molecular weight excluding hydrogens is 417 g/mol. The summed E-state index contributed by atoms with van der Waals surface area (Å²) < 4.78 is 5.67. The van der Waals surface area contributed by atoms with E-state index in [-0.39, 0.29) is 24.0 Å². The summed E-state index contributed by atoms with van der Waals surface area (Å²) in [5.74, 6) is 3.54. The van der Waals surface area contributed by atoms with Crippen LogP contribution in [0.1, 0.15) is 44.0 Å². The summed E-state index contributed by atoms with van der Waals surface area (Å²) >= 11 is 0. The van der Waals surface area contributed by atoms with Crippen LogP contribution in [0.3, 0.4) is 0 Å². The van der Waals surface area contributed by atoms with Crippen molar-refractivity contribution < 1.29 is 4.42 Å². The number of aryl methyl sites for hydroxylation is 2. The minimum absolute atomic E-state index is 0. The Bertz CT molecular complexity index is 502. The highest BCUT2D eigenvalue weighted by molar-refractivity contribution is 14.0. The molecular formula is C17H32IN5O. The minimum atomic E-state index is 0. The van der Waals surface area contributed by atoms with Crippen LogP contribution in [-0.4, -0.2) is 42.0 Å². The van der Waals surface area contributed by atoms with Gasteiger partial charge in [0.1, 0.15) is 5.76 Å². The molecule has 0 bridgehead atoms. The lowest BCUT2D eigenvalue weighted by Gasteiger charge is -2.31. The van der Waals surface area contributed by atoms with Gasteiger partial charge in [0.05, 0.1) is 12.2 Å². The van der Waals surface area contributed by atoms with Crippen LogP contribution in [0.5, 0.6) is 0 Å². The normalized spacial score (nSPS) is 17.1. The molecule has 1 fully saturated rings. The van der Waals surface area contributed by atoms with Crippen molar-refractivity contribution in [2.75, 3.05) is 26.2 Å². The van der Waals surface area contributed by atoms with Crippen LogP contribution in [0.15, 0.2) is 9.41 Å². The molecule has 3 N–H and O–H groups in total. The number of nitrogens with zero attached hydrogens (tertiary/aromatic N) is 3. The molecule has 7 heteroatoms. The number of halogens is 1. The molecule has 0 spiro atoms. The molecule has 6 nitrogen and oxygen atoms in total. The maximum absolute atomic E-state index is 5.89. The van der Waals surface area contributed by atoms with E-state index < -0.39 is 0 Å². The molecule has 1 saturated heterocycles. The zero-order chi connectivity index (χ0) is 16.8. The SMILES string of the molecule is Cc1nc(CN2CCC(CNC(N)=NCC(C)C)CC2)oc1C.I. The van der Waals surface area contributed by atoms with E-state index in [1.54, 1.807) is 0 Å². The molecule has 0 aromatic carbocycles. The molecule has 0 unspecified atom stereocenters. The van der Waals surface area contributed by atoms with E-state index in [9.17, 15) is 0 Å². The van der Waals surface area contributed by atoms with Crippen LogP contribution in [0.2, 0.25) is 0 Å². The van der Waals surface area contributed by atoms with Gasteiger partial charge in [0.15, 0.2) is 5.96 Å². The van der Waals surface area contributed by atoms with Crippen molar-refractivity contribution in [1.29, 1.82) is 0 Å². The predicted molar refractivity (Wildman–Crippen MR) is 109 cm³/mol. The Hall–Kier alpha value is -0.830. The Labute approximate surface area is 162 Å². The first-order valence-corrected chi connectivity index (χ1v) is 8.63. The van der Waals surface area contributed by atoms with E-state index in [4.69, 9.17) is 10.2 Å². The molecule has 1 aromatic heterocycles. The first kappa shape index (κ1) is 21.2. The van der Waals surface area contributed by atoms with Gasteiger partial charge in [-0.05, 0) is 51.6 Å². The number of aliphatic imine (C=N–C) groups is 1. The van der Waals surface area contributed by atoms with Gasteiger partial charge in [-0.25, -0.2) is 4.98 Å². The van der Waals surface area contributed by atoms with E-state index in [0.717, 1.165) is 50.1 Å². The van der Waals surface area contributed by atoms with Crippen LogP contribution in [0.25, 0.3) is 0 Å². The number of nitrogens with two attached hydrogens (primary N) is 1. The fourth-order valence-corrected chi connectivity index (χ4v) is 2.73. The Morgan fingerprint density at radius 1 is 1.38 bits per heavy atom. The van der Waals surface area contributed by atoms with Crippen molar-refractivity contribution in [2.24, 2.45) is 22.6 Å².